The molecule has 0 saturated carbocycles. The van der Waals surface area contributed by atoms with Gasteiger partial charge < -0.3 is 9.80 Å². The molecular formula is C20H26N4OS. The Morgan fingerprint density at radius 1 is 1.27 bits per heavy atom. The lowest BCUT2D eigenvalue weighted by Gasteiger charge is -2.29. The predicted octanol–water partition coefficient (Wildman–Crippen LogP) is 3.25. The summed E-state index contributed by atoms with van der Waals surface area (Å²) in [5.41, 5.74) is 1.26. The summed E-state index contributed by atoms with van der Waals surface area (Å²) in [4.78, 5) is 27.9. The molecule has 1 saturated heterocycles. The molecule has 0 aliphatic carbocycles. The van der Waals surface area contributed by atoms with Crippen molar-refractivity contribution in [3.05, 3.63) is 40.0 Å². The highest BCUT2D eigenvalue weighted by atomic mass is 32.1. The average Bonchev–Trinajstić information content (AvgIpc) is 3.29. The van der Waals surface area contributed by atoms with Crippen molar-refractivity contribution >= 4 is 23.1 Å². The zero-order valence-electron chi connectivity index (χ0n) is 15.7. The van der Waals surface area contributed by atoms with Gasteiger partial charge in [-0.2, -0.15) is 0 Å². The van der Waals surface area contributed by atoms with Crippen molar-refractivity contribution in [1.82, 2.24) is 14.9 Å². The van der Waals surface area contributed by atoms with Crippen LogP contribution in [0.25, 0.3) is 0 Å². The van der Waals surface area contributed by atoms with Crippen LogP contribution in [0.1, 0.15) is 43.5 Å². The first kappa shape index (κ1) is 17.5. The summed E-state index contributed by atoms with van der Waals surface area (Å²) >= 11 is 1.81. The van der Waals surface area contributed by atoms with Crippen LogP contribution >= 0.6 is 11.3 Å². The standard InChI is InChI=1S/C20H26N4OS/c1-20(2,3)19-21-8-4-17(22-19)23-9-5-15(13-23)18(25)24-10-6-16-14(12-24)7-11-26-16/h4,7-8,11,15H,5-6,9-10,12-13H2,1-3H3. The van der Waals surface area contributed by atoms with Crippen molar-refractivity contribution in [3.8, 4) is 0 Å². The molecule has 4 rings (SSSR count). The van der Waals surface area contributed by atoms with Gasteiger partial charge in [-0.3, -0.25) is 4.79 Å². The molecule has 6 heteroatoms. The van der Waals surface area contributed by atoms with E-state index in [1.165, 1.54) is 10.4 Å². The third-order valence-electron chi connectivity index (χ3n) is 5.29. The first-order valence-corrected chi connectivity index (χ1v) is 10.2. The van der Waals surface area contributed by atoms with Crippen molar-refractivity contribution in [2.45, 2.75) is 45.6 Å². The van der Waals surface area contributed by atoms with Crippen LogP contribution in [0, 0.1) is 5.92 Å². The van der Waals surface area contributed by atoms with Crippen molar-refractivity contribution in [2.24, 2.45) is 5.92 Å². The summed E-state index contributed by atoms with van der Waals surface area (Å²) in [5.74, 6) is 2.17. The van der Waals surface area contributed by atoms with E-state index in [0.29, 0.717) is 5.91 Å². The summed E-state index contributed by atoms with van der Waals surface area (Å²) in [7, 11) is 0. The van der Waals surface area contributed by atoms with Gasteiger partial charge in [-0.15, -0.1) is 11.3 Å². The van der Waals surface area contributed by atoms with E-state index in [-0.39, 0.29) is 11.3 Å². The Morgan fingerprint density at radius 3 is 2.92 bits per heavy atom. The van der Waals surface area contributed by atoms with Crippen LogP contribution in [0.4, 0.5) is 5.82 Å². The minimum absolute atomic E-state index is 0.0724. The van der Waals surface area contributed by atoms with Crippen LogP contribution in [0.2, 0.25) is 0 Å². The molecule has 26 heavy (non-hydrogen) atoms. The molecule has 2 aromatic heterocycles. The Morgan fingerprint density at radius 2 is 2.12 bits per heavy atom. The van der Waals surface area contributed by atoms with E-state index in [1.54, 1.807) is 0 Å². The first-order valence-electron chi connectivity index (χ1n) is 9.34. The monoisotopic (exact) mass is 370 g/mol. The maximum absolute atomic E-state index is 13.0. The number of rotatable bonds is 2. The van der Waals surface area contributed by atoms with Gasteiger partial charge in [-0.05, 0) is 35.9 Å². The van der Waals surface area contributed by atoms with Crippen molar-refractivity contribution in [3.63, 3.8) is 0 Å². The normalized spacial score (nSPS) is 20.3. The second-order valence-electron chi connectivity index (χ2n) is 8.30. The molecule has 1 atom stereocenters. The van der Waals surface area contributed by atoms with E-state index in [1.807, 2.05) is 28.5 Å². The predicted molar refractivity (Wildman–Crippen MR) is 104 cm³/mol. The molecule has 0 bridgehead atoms. The molecule has 0 spiro atoms. The zero-order valence-corrected chi connectivity index (χ0v) is 16.6. The minimum atomic E-state index is -0.0724. The summed E-state index contributed by atoms with van der Waals surface area (Å²) in [6.45, 7) is 9.63. The van der Waals surface area contributed by atoms with Crippen molar-refractivity contribution in [1.29, 1.82) is 0 Å². The molecule has 5 nitrogen and oxygen atoms in total. The van der Waals surface area contributed by atoms with Crippen LogP contribution in [0.15, 0.2) is 23.7 Å². The van der Waals surface area contributed by atoms with Crippen LogP contribution in [-0.4, -0.2) is 40.4 Å². The molecule has 1 unspecified atom stereocenters. The molecule has 0 aromatic carbocycles. The maximum atomic E-state index is 13.0. The van der Waals surface area contributed by atoms with Gasteiger partial charge in [-0.1, -0.05) is 20.8 Å². The first-order chi connectivity index (χ1) is 12.4. The van der Waals surface area contributed by atoms with Gasteiger partial charge in [0, 0.05) is 42.7 Å². The minimum Gasteiger partial charge on any atom is -0.356 e. The highest BCUT2D eigenvalue weighted by Crippen LogP contribution is 2.29. The van der Waals surface area contributed by atoms with Crippen LogP contribution in [-0.2, 0) is 23.2 Å². The Balaban J connectivity index is 1.43. The Bertz CT molecular complexity index is 810. The smallest absolute Gasteiger partial charge is 0.227 e. The second-order valence-corrected chi connectivity index (χ2v) is 9.30. The van der Waals surface area contributed by atoms with Gasteiger partial charge in [0.05, 0.1) is 5.92 Å². The lowest BCUT2D eigenvalue weighted by molar-refractivity contribution is -0.135. The number of aromatic nitrogens is 2. The highest BCUT2D eigenvalue weighted by molar-refractivity contribution is 7.10. The SMILES string of the molecule is CC(C)(C)c1nccc(N2CCC(C(=O)N3CCc4sccc4C3)C2)n1. The molecule has 138 valence electrons. The molecular weight excluding hydrogens is 344 g/mol. The molecule has 0 N–H and O–H groups in total. The van der Waals surface area contributed by atoms with E-state index in [4.69, 9.17) is 4.98 Å². The van der Waals surface area contributed by atoms with Gasteiger partial charge >= 0.3 is 0 Å². The topological polar surface area (TPSA) is 49.3 Å². The number of anilines is 1. The summed E-state index contributed by atoms with van der Waals surface area (Å²) < 4.78 is 0. The summed E-state index contributed by atoms with van der Waals surface area (Å²) in [5, 5.41) is 2.14. The Labute approximate surface area is 159 Å². The molecule has 2 aliphatic rings. The number of hydrogen-bond acceptors (Lipinski definition) is 5. The molecule has 0 radical (unpaired) electrons. The molecule has 2 aliphatic heterocycles. The van der Waals surface area contributed by atoms with E-state index in [9.17, 15) is 4.79 Å². The number of amides is 1. The van der Waals surface area contributed by atoms with Crippen molar-refractivity contribution < 1.29 is 4.79 Å². The fraction of sp³-hybridized carbons (Fsp3) is 0.550. The Hall–Kier alpha value is -1.95. The third-order valence-corrected chi connectivity index (χ3v) is 6.32. The highest BCUT2D eigenvalue weighted by Gasteiger charge is 2.33. The summed E-state index contributed by atoms with van der Waals surface area (Å²) in [6.07, 6.45) is 3.73. The quantitative estimate of drug-likeness (QED) is 0.814. The van der Waals surface area contributed by atoms with Crippen LogP contribution < -0.4 is 4.90 Å². The lowest BCUT2D eigenvalue weighted by Crippen LogP contribution is -2.40. The van der Waals surface area contributed by atoms with Crippen LogP contribution in [0.3, 0.4) is 0 Å². The number of carbonyl (C=O) groups excluding carboxylic acids is 1. The third kappa shape index (κ3) is 3.34. The van der Waals surface area contributed by atoms with Gasteiger partial charge in [0.1, 0.15) is 11.6 Å². The number of hydrogen-bond donors (Lipinski definition) is 0. The molecule has 1 fully saturated rings. The van der Waals surface area contributed by atoms with Crippen molar-refractivity contribution in [2.75, 3.05) is 24.5 Å². The number of fused-ring (bicyclic) bond motifs is 1. The molecule has 2 aromatic rings. The van der Waals surface area contributed by atoms with Gasteiger partial charge in [0.15, 0.2) is 0 Å². The van der Waals surface area contributed by atoms with E-state index >= 15 is 0 Å². The van der Waals surface area contributed by atoms with E-state index < -0.39 is 0 Å². The second kappa shape index (κ2) is 6.65. The van der Waals surface area contributed by atoms with Crippen LogP contribution in [0.5, 0.6) is 0 Å². The number of carbonyl (C=O) groups is 1. The van der Waals surface area contributed by atoms with Gasteiger partial charge in [-0.25, -0.2) is 9.97 Å². The summed E-state index contributed by atoms with van der Waals surface area (Å²) in [6, 6.07) is 4.12. The zero-order chi connectivity index (χ0) is 18.3. The maximum Gasteiger partial charge on any atom is 0.227 e. The molecule has 4 heterocycles. The fourth-order valence-corrected chi connectivity index (χ4v) is 4.64. The largest absolute Gasteiger partial charge is 0.356 e. The lowest BCUT2D eigenvalue weighted by atomic mass is 9.96. The van der Waals surface area contributed by atoms with E-state index in [0.717, 1.165) is 50.7 Å². The van der Waals surface area contributed by atoms with E-state index in [2.05, 4.69) is 42.1 Å². The average molecular weight is 371 g/mol. The van der Waals surface area contributed by atoms with Gasteiger partial charge in [0.25, 0.3) is 0 Å². The number of thiophene rings is 1. The molecule has 1 amide bonds. The fourth-order valence-electron chi connectivity index (χ4n) is 3.75. The Kier molecular flexibility index (Phi) is 4.47. The number of nitrogens with zero attached hydrogens (tertiary/aromatic N) is 4. The van der Waals surface area contributed by atoms with Gasteiger partial charge in [0.2, 0.25) is 5.91 Å².